The number of carbonyl (C=O) groups is 1. The Balaban J connectivity index is 1.50. The Labute approximate surface area is 123 Å². The topological polar surface area (TPSA) is 58.6 Å². The van der Waals surface area contributed by atoms with E-state index in [-0.39, 0.29) is 30.1 Å². The minimum absolute atomic E-state index is 0.0239. The summed E-state index contributed by atoms with van der Waals surface area (Å²) in [7, 11) is 0. The molecule has 2 atom stereocenters. The summed E-state index contributed by atoms with van der Waals surface area (Å²) < 4.78 is 18.1. The molecule has 4 nitrogen and oxygen atoms in total. The first-order valence-corrected chi connectivity index (χ1v) is 7.41. The van der Waals surface area contributed by atoms with Gasteiger partial charge in [0.2, 0.25) is 5.91 Å². The highest BCUT2D eigenvalue weighted by atomic mass is 19.1. The van der Waals surface area contributed by atoms with Crippen molar-refractivity contribution in [3.05, 3.63) is 35.6 Å². The van der Waals surface area contributed by atoms with Gasteiger partial charge >= 0.3 is 0 Å². The summed E-state index contributed by atoms with van der Waals surface area (Å²) in [5, 5.41) is 13.1. The number of carbonyl (C=O) groups excluding carboxylic acids is 1. The van der Waals surface area contributed by atoms with Crippen molar-refractivity contribution in [1.29, 1.82) is 0 Å². The lowest BCUT2D eigenvalue weighted by Crippen LogP contribution is -2.47. The van der Waals surface area contributed by atoms with Gasteiger partial charge in [0.15, 0.2) is 0 Å². The Hall–Kier alpha value is -1.46. The summed E-state index contributed by atoms with van der Waals surface area (Å²) in [6, 6.07) is 6.32. The van der Waals surface area contributed by atoms with Crippen LogP contribution in [0.15, 0.2) is 24.3 Å². The Kier molecular flexibility index (Phi) is 3.95. The van der Waals surface area contributed by atoms with E-state index in [0.717, 1.165) is 12.0 Å². The van der Waals surface area contributed by atoms with Crippen LogP contribution in [-0.2, 0) is 9.53 Å². The SMILES string of the molecule is O=C(NCC1(O)CCOCC1)C1CC1c1ccc(F)cc1. The van der Waals surface area contributed by atoms with Crippen LogP contribution in [0.3, 0.4) is 0 Å². The van der Waals surface area contributed by atoms with Gasteiger partial charge in [-0.2, -0.15) is 0 Å². The Bertz CT molecular complexity index is 511. The van der Waals surface area contributed by atoms with Crippen LogP contribution in [0.1, 0.15) is 30.7 Å². The third-order valence-corrected chi connectivity index (χ3v) is 4.44. The van der Waals surface area contributed by atoms with Gasteiger partial charge in [-0.25, -0.2) is 4.39 Å². The van der Waals surface area contributed by atoms with Crippen molar-refractivity contribution in [2.24, 2.45) is 5.92 Å². The average molecular weight is 293 g/mol. The number of nitrogens with one attached hydrogen (secondary N) is 1. The molecule has 2 unspecified atom stereocenters. The second kappa shape index (κ2) is 5.73. The van der Waals surface area contributed by atoms with E-state index in [9.17, 15) is 14.3 Å². The van der Waals surface area contributed by atoms with E-state index in [0.29, 0.717) is 26.1 Å². The van der Waals surface area contributed by atoms with Gasteiger partial charge < -0.3 is 15.2 Å². The number of amides is 1. The summed E-state index contributed by atoms with van der Waals surface area (Å²) in [6.45, 7) is 1.35. The summed E-state index contributed by atoms with van der Waals surface area (Å²) in [6.07, 6.45) is 1.90. The van der Waals surface area contributed by atoms with Crippen molar-refractivity contribution < 1.29 is 19.0 Å². The lowest BCUT2D eigenvalue weighted by Gasteiger charge is -2.32. The van der Waals surface area contributed by atoms with Gasteiger partial charge in [-0.1, -0.05) is 12.1 Å². The fourth-order valence-electron chi connectivity index (χ4n) is 2.87. The molecule has 2 aliphatic rings. The summed E-state index contributed by atoms with van der Waals surface area (Å²) in [4.78, 5) is 12.1. The van der Waals surface area contributed by atoms with Gasteiger partial charge in [-0.15, -0.1) is 0 Å². The third-order valence-electron chi connectivity index (χ3n) is 4.44. The van der Waals surface area contributed by atoms with Gasteiger partial charge in [0, 0.05) is 38.5 Å². The van der Waals surface area contributed by atoms with Gasteiger partial charge in [0.1, 0.15) is 5.82 Å². The first-order chi connectivity index (χ1) is 10.1. The van der Waals surface area contributed by atoms with E-state index in [2.05, 4.69) is 5.32 Å². The molecular weight excluding hydrogens is 273 g/mol. The molecule has 21 heavy (non-hydrogen) atoms. The highest BCUT2D eigenvalue weighted by molar-refractivity contribution is 5.82. The first-order valence-electron chi connectivity index (χ1n) is 7.41. The standard InChI is InChI=1S/C16H20FNO3/c17-12-3-1-11(2-4-12)13-9-14(13)15(19)18-10-16(20)5-7-21-8-6-16/h1-4,13-14,20H,5-10H2,(H,18,19). The average Bonchev–Trinajstić information content (AvgIpc) is 3.27. The van der Waals surface area contributed by atoms with Crippen LogP contribution >= 0.6 is 0 Å². The van der Waals surface area contributed by atoms with E-state index < -0.39 is 5.60 Å². The minimum Gasteiger partial charge on any atom is -0.388 e. The smallest absolute Gasteiger partial charge is 0.223 e. The summed E-state index contributed by atoms with van der Waals surface area (Å²) in [5.41, 5.74) is 0.162. The molecule has 0 spiro atoms. The van der Waals surface area contributed by atoms with E-state index in [4.69, 9.17) is 4.74 Å². The molecule has 1 saturated carbocycles. The molecule has 114 valence electrons. The van der Waals surface area contributed by atoms with E-state index in [1.54, 1.807) is 12.1 Å². The van der Waals surface area contributed by atoms with E-state index >= 15 is 0 Å². The molecule has 1 heterocycles. The second-order valence-corrected chi connectivity index (χ2v) is 6.05. The van der Waals surface area contributed by atoms with Gasteiger partial charge in [-0.3, -0.25) is 4.79 Å². The number of rotatable bonds is 4. The zero-order valence-electron chi connectivity index (χ0n) is 11.8. The second-order valence-electron chi connectivity index (χ2n) is 6.05. The number of aliphatic hydroxyl groups is 1. The van der Waals surface area contributed by atoms with Gasteiger partial charge in [-0.05, 0) is 30.0 Å². The molecule has 1 amide bonds. The lowest BCUT2D eigenvalue weighted by molar-refractivity contribution is -0.125. The quantitative estimate of drug-likeness (QED) is 0.886. The monoisotopic (exact) mass is 293 g/mol. The van der Waals surface area contributed by atoms with Crippen molar-refractivity contribution >= 4 is 5.91 Å². The third kappa shape index (κ3) is 3.41. The highest BCUT2D eigenvalue weighted by Gasteiger charge is 2.44. The molecule has 0 radical (unpaired) electrons. The Morgan fingerprint density at radius 2 is 2.00 bits per heavy atom. The molecule has 1 saturated heterocycles. The van der Waals surface area contributed by atoms with Gasteiger partial charge in [0.05, 0.1) is 5.60 Å². The van der Waals surface area contributed by atoms with E-state index in [1.165, 1.54) is 12.1 Å². The molecule has 1 aromatic carbocycles. The molecule has 5 heteroatoms. The van der Waals surface area contributed by atoms with Crippen LogP contribution in [0.4, 0.5) is 4.39 Å². The van der Waals surface area contributed by atoms with Gasteiger partial charge in [0.25, 0.3) is 0 Å². The Morgan fingerprint density at radius 1 is 1.33 bits per heavy atom. The molecular formula is C16H20FNO3. The van der Waals surface area contributed by atoms with Crippen LogP contribution in [0, 0.1) is 11.7 Å². The van der Waals surface area contributed by atoms with Crippen LogP contribution in [-0.4, -0.2) is 36.4 Å². The molecule has 1 aliphatic carbocycles. The summed E-state index contributed by atoms with van der Waals surface area (Å²) >= 11 is 0. The zero-order chi connectivity index (χ0) is 14.9. The number of hydrogen-bond acceptors (Lipinski definition) is 3. The maximum Gasteiger partial charge on any atom is 0.223 e. The Morgan fingerprint density at radius 3 is 2.67 bits per heavy atom. The fraction of sp³-hybridized carbons (Fsp3) is 0.562. The number of benzene rings is 1. The van der Waals surface area contributed by atoms with Crippen LogP contribution < -0.4 is 5.32 Å². The van der Waals surface area contributed by atoms with Crippen molar-refractivity contribution in [2.45, 2.75) is 30.8 Å². The van der Waals surface area contributed by atoms with Crippen molar-refractivity contribution in [1.82, 2.24) is 5.32 Å². The van der Waals surface area contributed by atoms with Crippen molar-refractivity contribution in [2.75, 3.05) is 19.8 Å². The molecule has 2 N–H and O–H groups in total. The predicted molar refractivity (Wildman–Crippen MR) is 75.3 cm³/mol. The van der Waals surface area contributed by atoms with Crippen LogP contribution in [0.2, 0.25) is 0 Å². The van der Waals surface area contributed by atoms with E-state index in [1.807, 2.05) is 0 Å². The maximum absolute atomic E-state index is 12.9. The van der Waals surface area contributed by atoms with Crippen LogP contribution in [0.5, 0.6) is 0 Å². The van der Waals surface area contributed by atoms with Crippen LogP contribution in [0.25, 0.3) is 0 Å². The molecule has 1 aliphatic heterocycles. The minimum atomic E-state index is -0.839. The van der Waals surface area contributed by atoms with Crippen molar-refractivity contribution in [3.63, 3.8) is 0 Å². The largest absolute Gasteiger partial charge is 0.388 e. The van der Waals surface area contributed by atoms with Crippen molar-refractivity contribution in [3.8, 4) is 0 Å². The molecule has 1 aromatic rings. The lowest BCUT2D eigenvalue weighted by atomic mass is 9.94. The highest BCUT2D eigenvalue weighted by Crippen LogP contribution is 2.47. The molecule has 0 aromatic heterocycles. The first kappa shape index (κ1) is 14.5. The zero-order valence-corrected chi connectivity index (χ0v) is 11.8. The number of hydrogen-bond donors (Lipinski definition) is 2. The fourth-order valence-corrected chi connectivity index (χ4v) is 2.87. The maximum atomic E-state index is 12.9. The number of halogens is 1. The summed E-state index contributed by atoms with van der Waals surface area (Å²) in [5.74, 6) is -0.166. The molecule has 0 bridgehead atoms. The number of ether oxygens (including phenoxy) is 1. The predicted octanol–water partition coefficient (Wildman–Crippen LogP) is 1.59. The molecule has 3 rings (SSSR count). The normalized spacial score (nSPS) is 27.1. The molecule has 2 fully saturated rings.